The topological polar surface area (TPSA) is 80.6 Å². The molecule has 1 aromatic heterocycles. The van der Waals surface area contributed by atoms with Crippen molar-refractivity contribution in [2.45, 2.75) is 6.54 Å². The highest BCUT2D eigenvalue weighted by atomic mass is 16.5. The molecule has 2 N–H and O–H groups in total. The second kappa shape index (κ2) is 6.21. The van der Waals surface area contributed by atoms with Crippen LogP contribution in [0.3, 0.4) is 0 Å². The fourth-order valence-electron chi connectivity index (χ4n) is 2.07. The van der Waals surface area contributed by atoms with Crippen LogP contribution in [0, 0.1) is 0 Å². The van der Waals surface area contributed by atoms with Gasteiger partial charge >= 0.3 is 5.97 Å². The summed E-state index contributed by atoms with van der Waals surface area (Å²) in [5.41, 5.74) is 0.749. The van der Waals surface area contributed by atoms with Crippen LogP contribution in [-0.2, 0) is 16.1 Å². The minimum Gasteiger partial charge on any atom is -0.478 e. The molecule has 2 aromatic rings. The van der Waals surface area contributed by atoms with E-state index >= 15 is 0 Å². The molecule has 6 nitrogen and oxygen atoms in total. The number of aromatic carboxylic acids is 1. The number of benzene rings is 1. The van der Waals surface area contributed by atoms with Gasteiger partial charge in [0.25, 0.3) is 0 Å². The summed E-state index contributed by atoms with van der Waals surface area (Å²) < 4.78 is 6.49. The summed E-state index contributed by atoms with van der Waals surface area (Å²) in [5.74, 6) is -1.19. The Balaban J connectivity index is 2.22. The van der Waals surface area contributed by atoms with E-state index < -0.39 is 5.97 Å². The monoisotopic (exact) mass is 276 g/mol. The summed E-state index contributed by atoms with van der Waals surface area (Å²) in [5, 5.41) is 12.7. The van der Waals surface area contributed by atoms with Crippen LogP contribution < -0.4 is 5.32 Å². The minimum atomic E-state index is -1.00. The van der Waals surface area contributed by atoms with Crippen molar-refractivity contribution in [2.24, 2.45) is 0 Å². The van der Waals surface area contributed by atoms with E-state index in [1.807, 2.05) is 6.07 Å². The second-order valence-electron chi connectivity index (χ2n) is 4.33. The van der Waals surface area contributed by atoms with Crippen molar-refractivity contribution in [1.82, 2.24) is 9.88 Å². The molecule has 0 bridgehead atoms. The van der Waals surface area contributed by atoms with Gasteiger partial charge in [0.2, 0.25) is 5.91 Å². The molecule has 0 saturated heterocycles. The number of ether oxygens (including phenoxy) is 1. The van der Waals surface area contributed by atoms with Crippen molar-refractivity contribution in [3.05, 3.63) is 36.0 Å². The minimum absolute atomic E-state index is 0.0809. The van der Waals surface area contributed by atoms with Crippen LogP contribution in [0.1, 0.15) is 10.4 Å². The van der Waals surface area contributed by atoms with Crippen molar-refractivity contribution >= 4 is 22.8 Å². The van der Waals surface area contributed by atoms with Crippen LogP contribution in [-0.4, -0.2) is 41.8 Å². The van der Waals surface area contributed by atoms with Crippen LogP contribution in [0.15, 0.2) is 30.5 Å². The highest BCUT2D eigenvalue weighted by molar-refractivity contribution is 6.02. The zero-order valence-corrected chi connectivity index (χ0v) is 11.1. The molecule has 0 aliphatic heterocycles. The molecule has 6 heteroatoms. The van der Waals surface area contributed by atoms with Gasteiger partial charge in [0.05, 0.1) is 17.7 Å². The number of carbonyl (C=O) groups is 2. The quantitative estimate of drug-likeness (QED) is 0.774. The van der Waals surface area contributed by atoms with Crippen LogP contribution in [0.4, 0.5) is 0 Å². The van der Waals surface area contributed by atoms with E-state index in [2.05, 4.69) is 5.32 Å². The molecule has 0 aliphatic carbocycles. The van der Waals surface area contributed by atoms with Gasteiger partial charge in [-0.15, -0.1) is 0 Å². The lowest BCUT2D eigenvalue weighted by Crippen LogP contribution is -2.30. The lowest BCUT2D eigenvalue weighted by Gasteiger charge is -2.08. The van der Waals surface area contributed by atoms with Gasteiger partial charge in [-0.1, -0.05) is 12.1 Å². The Morgan fingerprint density at radius 2 is 2.15 bits per heavy atom. The summed E-state index contributed by atoms with van der Waals surface area (Å²) in [7, 11) is 1.56. The first-order chi connectivity index (χ1) is 9.63. The summed E-state index contributed by atoms with van der Waals surface area (Å²) in [6.07, 6.45) is 1.72. The molecule has 20 heavy (non-hydrogen) atoms. The molecule has 1 amide bonds. The number of aromatic nitrogens is 1. The number of methoxy groups -OCH3 is 1. The number of carboxylic acids is 1. The largest absolute Gasteiger partial charge is 0.478 e. The molecular weight excluding hydrogens is 260 g/mol. The van der Waals surface area contributed by atoms with Gasteiger partial charge in [0.1, 0.15) is 6.54 Å². The number of carbonyl (C=O) groups excluding carboxylic acids is 1. The molecule has 2 rings (SSSR count). The lowest BCUT2D eigenvalue weighted by atomic mass is 10.1. The summed E-state index contributed by atoms with van der Waals surface area (Å²) in [6, 6.07) is 6.84. The molecule has 0 atom stereocenters. The number of hydrogen-bond donors (Lipinski definition) is 2. The Morgan fingerprint density at radius 1 is 1.35 bits per heavy atom. The standard InChI is InChI=1S/C14H16N2O4/c1-20-8-6-15-12(17)9-16-7-5-10-3-2-4-11(13(10)16)14(18)19/h2-5,7H,6,8-9H2,1H3,(H,15,17)(H,18,19). The molecule has 0 radical (unpaired) electrons. The van der Waals surface area contributed by atoms with Crippen LogP contribution in [0.25, 0.3) is 10.9 Å². The Hall–Kier alpha value is -2.34. The van der Waals surface area contributed by atoms with Gasteiger partial charge in [0, 0.05) is 25.2 Å². The molecule has 0 unspecified atom stereocenters. The van der Waals surface area contributed by atoms with E-state index in [1.165, 1.54) is 6.07 Å². The Bertz CT molecular complexity index is 633. The third kappa shape index (κ3) is 2.97. The second-order valence-corrected chi connectivity index (χ2v) is 4.33. The van der Waals surface area contributed by atoms with Crippen molar-refractivity contribution in [3.8, 4) is 0 Å². The van der Waals surface area contributed by atoms with E-state index in [0.717, 1.165) is 5.39 Å². The Morgan fingerprint density at radius 3 is 2.85 bits per heavy atom. The van der Waals surface area contributed by atoms with Crippen molar-refractivity contribution in [2.75, 3.05) is 20.3 Å². The van der Waals surface area contributed by atoms with E-state index in [4.69, 9.17) is 4.74 Å². The molecule has 106 valence electrons. The fourth-order valence-corrected chi connectivity index (χ4v) is 2.07. The highest BCUT2D eigenvalue weighted by Gasteiger charge is 2.13. The normalized spacial score (nSPS) is 10.7. The summed E-state index contributed by atoms with van der Waals surface area (Å²) in [6.45, 7) is 0.955. The van der Waals surface area contributed by atoms with Gasteiger partial charge in [0.15, 0.2) is 0 Å². The fraction of sp³-hybridized carbons (Fsp3) is 0.286. The first kappa shape index (κ1) is 14.1. The van der Waals surface area contributed by atoms with Crippen molar-refractivity contribution < 1.29 is 19.4 Å². The number of hydrogen-bond acceptors (Lipinski definition) is 3. The van der Waals surface area contributed by atoms with Gasteiger partial charge in [-0.05, 0) is 12.1 Å². The van der Waals surface area contributed by atoms with E-state index in [0.29, 0.717) is 18.7 Å². The van der Waals surface area contributed by atoms with Crippen LogP contribution >= 0.6 is 0 Å². The predicted octanol–water partition coefficient (Wildman–Crippen LogP) is 1.10. The lowest BCUT2D eigenvalue weighted by molar-refractivity contribution is -0.121. The molecule has 1 heterocycles. The molecule has 0 spiro atoms. The third-order valence-corrected chi connectivity index (χ3v) is 2.96. The number of fused-ring (bicyclic) bond motifs is 1. The summed E-state index contributed by atoms with van der Waals surface area (Å²) >= 11 is 0. The maximum atomic E-state index is 11.8. The third-order valence-electron chi connectivity index (χ3n) is 2.96. The van der Waals surface area contributed by atoms with Crippen LogP contribution in [0.5, 0.6) is 0 Å². The zero-order chi connectivity index (χ0) is 14.5. The maximum Gasteiger partial charge on any atom is 0.337 e. The highest BCUT2D eigenvalue weighted by Crippen LogP contribution is 2.20. The number of amides is 1. The van der Waals surface area contributed by atoms with E-state index in [-0.39, 0.29) is 18.0 Å². The van der Waals surface area contributed by atoms with Crippen molar-refractivity contribution in [3.63, 3.8) is 0 Å². The number of nitrogens with one attached hydrogen (secondary N) is 1. The molecule has 1 aromatic carbocycles. The SMILES string of the molecule is COCCNC(=O)Cn1ccc2cccc(C(=O)O)c21. The molecule has 0 aliphatic rings. The number of nitrogens with zero attached hydrogens (tertiary/aromatic N) is 1. The maximum absolute atomic E-state index is 11.8. The number of para-hydroxylation sites is 1. The van der Waals surface area contributed by atoms with E-state index in [1.54, 1.807) is 30.0 Å². The first-order valence-electron chi connectivity index (χ1n) is 6.20. The number of rotatable bonds is 6. The zero-order valence-electron chi connectivity index (χ0n) is 11.1. The van der Waals surface area contributed by atoms with Gasteiger partial charge in [-0.2, -0.15) is 0 Å². The van der Waals surface area contributed by atoms with Crippen LogP contribution in [0.2, 0.25) is 0 Å². The first-order valence-corrected chi connectivity index (χ1v) is 6.20. The predicted molar refractivity (Wildman–Crippen MR) is 73.8 cm³/mol. The molecule has 0 saturated carbocycles. The Labute approximate surface area is 116 Å². The van der Waals surface area contributed by atoms with Gasteiger partial charge in [-0.25, -0.2) is 4.79 Å². The van der Waals surface area contributed by atoms with Gasteiger partial charge < -0.3 is 19.7 Å². The van der Waals surface area contributed by atoms with E-state index in [9.17, 15) is 14.7 Å². The molecule has 0 fully saturated rings. The summed E-state index contributed by atoms with van der Waals surface area (Å²) in [4.78, 5) is 23.0. The number of carboxylic acid groups (broad SMARTS) is 1. The van der Waals surface area contributed by atoms with Gasteiger partial charge in [-0.3, -0.25) is 4.79 Å². The average molecular weight is 276 g/mol. The molecular formula is C14H16N2O4. The smallest absolute Gasteiger partial charge is 0.337 e. The van der Waals surface area contributed by atoms with Crippen molar-refractivity contribution in [1.29, 1.82) is 0 Å². The average Bonchev–Trinajstić information content (AvgIpc) is 2.82. The Kier molecular flexibility index (Phi) is 4.37.